The molecule has 4 nitrogen and oxygen atoms in total. The van der Waals surface area contributed by atoms with Gasteiger partial charge in [-0.2, -0.15) is 13.2 Å². The fraction of sp³-hybridized carbons (Fsp3) is 0.100. The molecule has 0 spiro atoms. The second-order valence-corrected chi connectivity index (χ2v) is 6.16. The second kappa shape index (κ2) is 7.86. The average Bonchev–Trinajstić information content (AvgIpc) is 2.66. The number of rotatable bonds is 4. The number of carbonyl (C=O) groups is 1. The number of nitrogens with one attached hydrogen (secondary N) is 1. The number of hydrogen-bond acceptors (Lipinski definition) is 2. The lowest BCUT2D eigenvalue weighted by atomic mass is 10.1. The Balaban J connectivity index is 1.81. The lowest BCUT2D eigenvalue weighted by molar-refractivity contribution is -0.137. The number of nitrogens with zero attached hydrogens (tertiary/aromatic N) is 1. The summed E-state index contributed by atoms with van der Waals surface area (Å²) in [4.78, 5) is 24.3. The second-order valence-electron chi connectivity index (χ2n) is 6.16. The van der Waals surface area contributed by atoms with Gasteiger partial charge in [-0.15, -0.1) is 0 Å². The molecule has 0 aliphatic rings. The Kier molecular flexibility index (Phi) is 5.49. The highest BCUT2D eigenvalue weighted by Crippen LogP contribution is 2.29. The van der Waals surface area contributed by atoms with Crippen molar-refractivity contribution in [2.75, 3.05) is 5.32 Å². The lowest BCUT2D eigenvalue weighted by Gasteiger charge is -2.11. The van der Waals surface area contributed by atoms with Gasteiger partial charge in [0, 0.05) is 18.3 Å². The van der Waals surface area contributed by atoms with E-state index in [9.17, 15) is 31.5 Å². The number of carbonyl (C=O) groups excluding carboxylic acids is 1. The fourth-order valence-electron chi connectivity index (χ4n) is 2.57. The Hall–Kier alpha value is -3.49. The Morgan fingerprint density at radius 1 is 0.966 bits per heavy atom. The fourth-order valence-corrected chi connectivity index (χ4v) is 2.57. The van der Waals surface area contributed by atoms with E-state index < -0.39 is 34.8 Å². The number of anilines is 1. The van der Waals surface area contributed by atoms with Crippen molar-refractivity contribution in [3.8, 4) is 0 Å². The van der Waals surface area contributed by atoms with E-state index in [1.807, 2.05) is 0 Å². The van der Waals surface area contributed by atoms with Gasteiger partial charge in [-0.1, -0.05) is 12.1 Å². The summed E-state index contributed by atoms with van der Waals surface area (Å²) in [6.45, 7) is -0.0770. The van der Waals surface area contributed by atoms with E-state index in [1.54, 1.807) is 0 Å². The summed E-state index contributed by atoms with van der Waals surface area (Å²) in [5, 5.41) is 2.21. The molecule has 1 aromatic heterocycles. The van der Waals surface area contributed by atoms with Gasteiger partial charge < -0.3 is 9.88 Å². The molecule has 1 N–H and O–H groups in total. The van der Waals surface area contributed by atoms with E-state index >= 15 is 0 Å². The van der Waals surface area contributed by atoms with Crippen LogP contribution in [0.4, 0.5) is 27.6 Å². The molecule has 0 saturated carbocycles. The first-order chi connectivity index (χ1) is 13.6. The Bertz CT molecular complexity index is 1110. The van der Waals surface area contributed by atoms with E-state index in [1.165, 1.54) is 24.4 Å². The van der Waals surface area contributed by atoms with Crippen LogP contribution < -0.4 is 10.9 Å². The summed E-state index contributed by atoms with van der Waals surface area (Å²) in [6.07, 6.45) is -3.29. The molecule has 0 atom stereocenters. The van der Waals surface area contributed by atoms with Crippen LogP contribution in [0.25, 0.3) is 0 Å². The quantitative estimate of drug-likeness (QED) is 0.649. The third-order valence-electron chi connectivity index (χ3n) is 4.06. The molecule has 0 radical (unpaired) electrons. The SMILES string of the molecule is O=C(Nc1cc(F)ccc1F)c1ccc(=O)n(Cc2ccc(C(F)(F)F)cc2)c1. The molecular formula is C20H13F5N2O2. The van der Waals surface area contributed by atoms with Crippen molar-refractivity contribution < 1.29 is 26.7 Å². The van der Waals surface area contributed by atoms with Crippen molar-refractivity contribution in [1.29, 1.82) is 0 Å². The molecule has 0 bridgehead atoms. The lowest BCUT2D eigenvalue weighted by Crippen LogP contribution is -2.22. The van der Waals surface area contributed by atoms with Crippen molar-refractivity contribution in [2.45, 2.75) is 12.7 Å². The molecule has 0 aliphatic heterocycles. The topological polar surface area (TPSA) is 51.1 Å². The first-order valence-electron chi connectivity index (χ1n) is 8.26. The third-order valence-corrected chi connectivity index (χ3v) is 4.06. The molecule has 29 heavy (non-hydrogen) atoms. The van der Waals surface area contributed by atoms with Gasteiger partial charge in [0.15, 0.2) is 0 Å². The maximum atomic E-state index is 13.7. The molecule has 3 rings (SSSR count). The van der Waals surface area contributed by atoms with Crippen molar-refractivity contribution in [1.82, 2.24) is 4.57 Å². The zero-order valence-corrected chi connectivity index (χ0v) is 14.6. The van der Waals surface area contributed by atoms with Crippen LogP contribution in [0.3, 0.4) is 0 Å². The normalized spacial score (nSPS) is 11.3. The molecule has 2 aromatic carbocycles. The molecule has 3 aromatic rings. The van der Waals surface area contributed by atoms with Gasteiger partial charge in [-0.05, 0) is 35.9 Å². The number of halogens is 5. The highest BCUT2D eigenvalue weighted by Gasteiger charge is 2.29. The van der Waals surface area contributed by atoms with E-state index in [0.29, 0.717) is 5.56 Å². The summed E-state index contributed by atoms with van der Waals surface area (Å²) >= 11 is 0. The maximum Gasteiger partial charge on any atom is 0.416 e. The van der Waals surface area contributed by atoms with Crippen LogP contribution in [0.5, 0.6) is 0 Å². The number of amides is 1. The average molecular weight is 408 g/mol. The Labute approximate surface area is 161 Å². The minimum absolute atomic E-state index is 0.0137. The Morgan fingerprint density at radius 3 is 2.31 bits per heavy atom. The van der Waals surface area contributed by atoms with Crippen molar-refractivity contribution >= 4 is 11.6 Å². The predicted octanol–water partition coefficient (Wildman–Crippen LogP) is 4.45. The van der Waals surface area contributed by atoms with E-state index in [2.05, 4.69) is 5.32 Å². The van der Waals surface area contributed by atoms with Gasteiger partial charge in [0.2, 0.25) is 0 Å². The molecule has 0 unspecified atom stereocenters. The third kappa shape index (κ3) is 4.87. The highest BCUT2D eigenvalue weighted by atomic mass is 19.4. The predicted molar refractivity (Wildman–Crippen MR) is 95.6 cm³/mol. The molecule has 150 valence electrons. The molecule has 0 saturated heterocycles. The monoisotopic (exact) mass is 408 g/mol. The zero-order valence-electron chi connectivity index (χ0n) is 14.6. The first-order valence-corrected chi connectivity index (χ1v) is 8.26. The van der Waals surface area contributed by atoms with Gasteiger partial charge in [0.25, 0.3) is 11.5 Å². The molecule has 1 amide bonds. The van der Waals surface area contributed by atoms with E-state index in [0.717, 1.165) is 41.0 Å². The standard InChI is InChI=1S/C20H13F5N2O2/c21-15-6-7-16(22)17(9-15)26-19(29)13-3-8-18(28)27(11-13)10-12-1-4-14(5-2-12)20(23,24)25/h1-9,11H,10H2,(H,26,29). The summed E-state index contributed by atoms with van der Waals surface area (Å²) < 4.78 is 65.9. The smallest absolute Gasteiger partial charge is 0.319 e. The summed E-state index contributed by atoms with van der Waals surface area (Å²) in [7, 11) is 0. The van der Waals surface area contributed by atoms with Crippen LogP contribution in [0.1, 0.15) is 21.5 Å². The highest BCUT2D eigenvalue weighted by molar-refractivity contribution is 6.04. The summed E-state index contributed by atoms with van der Waals surface area (Å²) in [6, 6.07) is 9.11. The molecule has 0 fully saturated rings. The van der Waals surface area contributed by atoms with Crippen LogP contribution >= 0.6 is 0 Å². The van der Waals surface area contributed by atoms with E-state index in [-0.39, 0.29) is 17.8 Å². The van der Waals surface area contributed by atoms with Gasteiger partial charge in [0.05, 0.1) is 23.4 Å². The van der Waals surface area contributed by atoms with Crippen molar-refractivity contribution in [3.05, 3.63) is 99.5 Å². The number of pyridine rings is 1. The minimum Gasteiger partial charge on any atom is -0.319 e. The number of benzene rings is 2. The molecule has 0 aliphatic carbocycles. The van der Waals surface area contributed by atoms with Gasteiger partial charge in [-0.25, -0.2) is 8.78 Å². The number of aromatic nitrogens is 1. The first kappa shape index (κ1) is 20.2. The zero-order chi connectivity index (χ0) is 21.2. The van der Waals surface area contributed by atoms with Gasteiger partial charge in [0.1, 0.15) is 11.6 Å². The number of alkyl halides is 3. The Morgan fingerprint density at radius 2 is 1.66 bits per heavy atom. The molecule has 1 heterocycles. The largest absolute Gasteiger partial charge is 0.416 e. The van der Waals surface area contributed by atoms with Crippen molar-refractivity contribution in [3.63, 3.8) is 0 Å². The van der Waals surface area contributed by atoms with E-state index in [4.69, 9.17) is 0 Å². The number of hydrogen-bond donors (Lipinski definition) is 1. The van der Waals surface area contributed by atoms with Crippen molar-refractivity contribution in [2.24, 2.45) is 0 Å². The minimum atomic E-state index is -4.47. The molecular weight excluding hydrogens is 395 g/mol. The van der Waals surface area contributed by atoms with Crippen LogP contribution in [-0.4, -0.2) is 10.5 Å². The maximum absolute atomic E-state index is 13.7. The molecule has 9 heteroatoms. The summed E-state index contributed by atoms with van der Waals surface area (Å²) in [5.74, 6) is -2.36. The van der Waals surface area contributed by atoms with Gasteiger partial charge in [-0.3, -0.25) is 9.59 Å². The van der Waals surface area contributed by atoms with Crippen LogP contribution in [0.2, 0.25) is 0 Å². The van der Waals surface area contributed by atoms with Crippen LogP contribution in [0, 0.1) is 11.6 Å². The van der Waals surface area contributed by atoms with Gasteiger partial charge >= 0.3 is 6.18 Å². The summed E-state index contributed by atoms with van der Waals surface area (Å²) in [5.41, 5.74) is -1.28. The van der Waals surface area contributed by atoms with Crippen LogP contribution in [-0.2, 0) is 12.7 Å². The van der Waals surface area contributed by atoms with Crippen LogP contribution in [0.15, 0.2) is 65.6 Å².